The van der Waals surface area contributed by atoms with E-state index < -0.39 is 0 Å². The number of hydrogen-bond acceptors (Lipinski definition) is 2. The molecule has 1 unspecified atom stereocenters. The third kappa shape index (κ3) is 3.34. The van der Waals surface area contributed by atoms with Crippen molar-refractivity contribution < 1.29 is 4.79 Å². The van der Waals surface area contributed by atoms with Crippen molar-refractivity contribution in [1.29, 1.82) is 0 Å². The molecule has 0 aromatic heterocycles. The summed E-state index contributed by atoms with van der Waals surface area (Å²) >= 11 is 0. The Hall–Kier alpha value is -1.35. The normalized spacial score (nSPS) is 40.8. The molecule has 3 nitrogen and oxygen atoms in total. The van der Waals surface area contributed by atoms with Crippen LogP contribution in [0.4, 0.5) is 0 Å². The van der Waals surface area contributed by atoms with E-state index in [1.807, 2.05) is 0 Å². The number of likely N-dealkylation sites (tertiary alicyclic amines) is 1. The molecule has 1 heterocycles. The van der Waals surface area contributed by atoms with E-state index in [1.165, 1.54) is 64.3 Å². The summed E-state index contributed by atoms with van der Waals surface area (Å²) in [5, 5.41) is 3.54. The molecule has 0 radical (unpaired) electrons. The van der Waals surface area contributed by atoms with Crippen molar-refractivity contribution in [1.82, 2.24) is 10.2 Å². The Morgan fingerprint density at radius 1 is 1.03 bits per heavy atom. The molecule has 1 aromatic carbocycles. The van der Waals surface area contributed by atoms with E-state index in [2.05, 4.69) is 34.5 Å². The number of fused-ring (bicyclic) bond motifs is 1. The summed E-state index contributed by atoms with van der Waals surface area (Å²) in [4.78, 5) is 16.0. The zero-order valence-corrected chi connectivity index (χ0v) is 17.7. The van der Waals surface area contributed by atoms with E-state index in [4.69, 9.17) is 0 Å². The van der Waals surface area contributed by atoms with Gasteiger partial charge in [-0.05, 0) is 99.0 Å². The molecule has 2 atom stereocenters. The van der Waals surface area contributed by atoms with Gasteiger partial charge in [-0.25, -0.2) is 0 Å². The van der Waals surface area contributed by atoms with Gasteiger partial charge >= 0.3 is 0 Å². The monoisotopic (exact) mass is 392 g/mol. The molecule has 5 aliphatic carbocycles. The Morgan fingerprint density at radius 2 is 1.76 bits per heavy atom. The number of aryl methyl sites for hydroxylation is 1. The fraction of sp³-hybridized carbons (Fsp3) is 0.731. The van der Waals surface area contributed by atoms with Crippen LogP contribution in [0.25, 0.3) is 0 Å². The first kappa shape index (κ1) is 18.4. The second kappa shape index (κ2) is 7.11. The van der Waals surface area contributed by atoms with Crippen LogP contribution in [-0.4, -0.2) is 36.5 Å². The highest BCUT2D eigenvalue weighted by Crippen LogP contribution is 2.60. The molecule has 1 amide bonds. The lowest BCUT2D eigenvalue weighted by atomic mass is 9.49. The molecule has 1 aromatic rings. The third-order valence-electron chi connectivity index (χ3n) is 9.10. The first-order chi connectivity index (χ1) is 14.2. The quantitative estimate of drug-likeness (QED) is 0.817. The second-order valence-corrected chi connectivity index (χ2v) is 11.2. The highest BCUT2D eigenvalue weighted by atomic mass is 16.2. The standard InChI is InChI=1S/C26H36N2O/c29-25(26-13-18-10-19(14-26)12-20(11-18)15-26)27-23-8-9-28(17-23)16-22-6-3-5-21-4-1-2-7-24(21)22/h1-2,4,7,18-20,22-23H,3,5-6,8-17H2,(H,27,29)/t18?,19?,20?,22?,23-,26?/m0/s1. The van der Waals surface area contributed by atoms with Crippen molar-refractivity contribution in [2.75, 3.05) is 19.6 Å². The average molecular weight is 393 g/mol. The van der Waals surface area contributed by atoms with E-state index in [0.29, 0.717) is 17.9 Å². The van der Waals surface area contributed by atoms with Crippen LogP contribution in [0.2, 0.25) is 0 Å². The van der Waals surface area contributed by atoms with Crippen molar-refractivity contribution in [2.24, 2.45) is 23.2 Å². The molecule has 6 aliphatic rings. The number of benzene rings is 1. The van der Waals surface area contributed by atoms with Crippen LogP contribution < -0.4 is 5.32 Å². The molecular weight excluding hydrogens is 356 g/mol. The van der Waals surface area contributed by atoms with Crippen LogP contribution in [0.5, 0.6) is 0 Å². The zero-order chi connectivity index (χ0) is 19.4. The summed E-state index contributed by atoms with van der Waals surface area (Å²) in [6, 6.07) is 9.43. The van der Waals surface area contributed by atoms with Crippen molar-refractivity contribution >= 4 is 5.91 Å². The first-order valence-electron chi connectivity index (χ1n) is 12.3. The second-order valence-electron chi connectivity index (χ2n) is 11.2. The number of hydrogen-bond donors (Lipinski definition) is 1. The van der Waals surface area contributed by atoms with Crippen LogP contribution in [0.3, 0.4) is 0 Å². The molecule has 156 valence electrons. The van der Waals surface area contributed by atoms with Crippen LogP contribution in [-0.2, 0) is 11.2 Å². The minimum absolute atomic E-state index is 0.00444. The van der Waals surface area contributed by atoms with Gasteiger partial charge in [0.15, 0.2) is 0 Å². The van der Waals surface area contributed by atoms with Gasteiger partial charge in [0.2, 0.25) is 5.91 Å². The predicted octanol–water partition coefficient (Wildman–Crippen LogP) is 4.51. The number of carbonyl (C=O) groups excluding carboxylic acids is 1. The maximum atomic E-state index is 13.4. The van der Waals surface area contributed by atoms with Crippen molar-refractivity contribution in [3.8, 4) is 0 Å². The van der Waals surface area contributed by atoms with Gasteiger partial charge in [-0.15, -0.1) is 0 Å². The fourth-order valence-electron chi connectivity index (χ4n) is 8.20. The maximum absolute atomic E-state index is 13.4. The van der Waals surface area contributed by atoms with Gasteiger partial charge in [-0.2, -0.15) is 0 Å². The summed E-state index contributed by atoms with van der Waals surface area (Å²) in [5.41, 5.74) is 3.15. The molecule has 0 spiro atoms. The number of nitrogens with one attached hydrogen (secondary N) is 1. The minimum Gasteiger partial charge on any atom is -0.352 e. The molecule has 1 saturated heterocycles. The van der Waals surface area contributed by atoms with Gasteiger partial charge in [0.1, 0.15) is 0 Å². The van der Waals surface area contributed by atoms with E-state index in [9.17, 15) is 4.79 Å². The van der Waals surface area contributed by atoms with Crippen LogP contribution >= 0.6 is 0 Å². The lowest BCUT2D eigenvalue weighted by Crippen LogP contribution is -2.55. The zero-order valence-electron chi connectivity index (χ0n) is 17.7. The summed E-state index contributed by atoms with van der Waals surface area (Å²) in [6.45, 7) is 3.36. The Labute approximate surface area is 175 Å². The Morgan fingerprint density at radius 3 is 2.52 bits per heavy atom. The van der Waals surface area contributed by atoms with E-state index in [1.54, 1.807) is 11.1 Å². The van der Waals surface area contributed by atoms with E-state index >= 15 is 0 Å². The molecule has 29 heavy (non-hydrogen) atoms. The Balaban J connectivity index is 1.07. The van der Waals surface area contributed by atoms with Crippen LogP contribution in [0, 0.1) is 23.2 Å². The molecule has 1 aliphatic heterocycles. The molecule has 4 saturated carbocycles. The van der Waals surface area contributed by atoms with Gasteiger partial charge in [0, 0.05) is 31.1 Å². The van der Waals surface area contributed by atoms with Gasteiger partial charge < -0.3 is 10.2 Å². The van der Waals surface area contributed by atoms with E-state index in [-0.39, 0.29) is 5.41 Å². The lowest BCUT2D eigenvalue weighted by molar-refractivity contribution is -0.146. The largest absolute Gasteiger partial charge is 0.352 e. The highest BCUT2D eigenvalue weighted by Gasteiger charge is 2.54. The highest BCUT2D eigenvalue weighted by molar-refractivity contribution is 5.83. The van der Waals surface area contributed by atoms with Gasteiger partial charge in [-0.1, -0.05) is 24.3 Å². The number of carbonyl (C=O) groups is 1. The lowest BCUT2D eigenvalue weighted by Gasteiger charge is -2.55. The van der Waals surface area contributed by atoms with Crippen molar-refractivity contribution in [3.63, 3.8) is 0 Å². The molecular formula is C26H36N2O. The van der Waals surface area contributed by atoms with E-state index in [0.717, 1.165) is 37.3 Å². The topological polar surface area (TPSA) is 32.3 Å². The summed E-state index contributed by atoms with van der Waals surface area (Å²) in [5.74, 6) is 3.64. The first-order valence-corrected chi connectivity index (χ1v) is 12.3. The third-order valence-corrected chi connectivity index (χ3v) is 9.10. The number of amides is 1. The maximum Gasteiger partial charge on any atom is 0.226 e. The van der Waals surface area contributed by atoms with Crippen molar-refractivity contribution in [2.45, 2.75) is 76.2 Å². The summed E-state index contributed by atoms with van der Waals surface area (Å²) < 4.78 is 0. The van der Waals surface area contributed by atoms with Crippen LogP contribution in [0.15, 0.2) is 24.3 Å². The molecule has 7 rings (SSSR count). The average Bonchev–Trinajstić information content (AvgIpc) is 3.14. The Bertz CT molecular complexity index is 751. The SMILES string of the molecule is O=C(N[C@H]1CCN(CC2CCCc3ccccc32)C1)C12CC3CC(CC(C3)C1)C2. The smallest absolute Gasteiger partial charge is 0.226 e. The Kier molecular flexibility index (Phi) is 4.52. The predicted molar refractivity (Wildman–Crippen MR) is 116 cm³/mol. The fourth-order valence-corrected chi connectivity index (χ4v) is 8.20. The van der Waals surface area contributed by atoms with Crippen molar-refractivity contribution in [3.05, 3.63) is 35.4 Å². The van der Waals surface area contributed by atoms with Crippen LogP contribution in [0.1, 0.15) is 74.8 Å². The molecule has 3 heteroatoms. The summed E-state index contributed by atoms with van der Waals surface area (Å²) in [6.07, 6.45) is 12.8. The minimum atomic E-state index is 0.00444. The molecule has 1 N–H and O–H groups in total. The number of rotatable bonds is 4. The summed E-state index contributed by atoms with van der Waals surface area (Å²) in [7, 11) is 0. The molecule has 4 bridgehead atoms. The van der Waals surface area contributed by atoms with Gasteiger partial charge in [-0.3, -0.25) is 4.79 Å². The van der Waals surface area contributed by atoms with Gasteiger partial charge in [0.25, 0.3) is 0 Å². The van der Waals surface area contributed by atoms with Gasteiger partial charge in [0.05, 0.1) is 0 Å². The molecule has 5 fully saturated rings. The number of nitrogens with zero attached hydrogens (tertiary/aromatic N) is 1.